The molecule has 1 aromatic rings. The van der Waals surface area contributed by atoms with Crippen LogP contribution in [0.5, 0.6) is 0 Å². The molecule has 0 spiro atoms. The normalized spacial score (nSPS) is 19.4. The van der Waals surface area contributed by atoms with E-state index in [2.05, 4.69) is 22.5 Å². The van der Waals surface area contributed by atoms with Crippen molar-refractivity contribution in [1.82, 2.24) is 10.3 Å². The van der Waals surface area contributed by atoms with Crippen LogP contribution in [0.25, 0.3) is 0 Å². The monoisotopic (exact) mass is 273 g/mol. The van der Waals surface area contributed by atoms with Crippen molar-refractivity contribution in [3.05, 3.63) is 24.0 Å². The lowest BCUT2D eigenvalue weighted by Crippen LogP contribution is -2.31. The molecule has 2 N–H and O–H groups in total. The van der Waals surface area contributed by atoms with Crippen LogP contribution in [0.1, 0.15) is 49.5 Å². The van der Waals surface area contributed by atoms with Gasteiger partial charge in [-0.2, -0.15) is 0 Å². The Morgan fingerprint density at radius 2 is 2.25 bits per heavy atom. The zero-order valence-corrected chi connectivity index (χ0v) is 12.1. The van der Waals surface area contributed by atoms with E-state index >= 15 is 0 Å². The summed E-state index contributed by atoms with van der Waals surface area (Å²) in [6.07, 6.45) is 8.02. The minimum Gasteiger partial charge on any atom is -0.385 e. The van der Waals surface area contributed by atoms with Crippen LogP contribution < -0.4 is 10.6 Å². The zero-order valence-electron chi connectivity index (χ0n) is 12.1. The molecule has 0 radical (unpaired) electrons. The van der Waals surface area contributed by atoms with Crippen molar-refractivity contribution in [2.45, 2.75) is 39.0 Å². The summed E-state index contributed by atoms with van der Waals surface area (Å²) < 4.78 is 0. The van der Waals surface area contributed by atoms with Gasteiger partial charge in [0.2, 0.25) is 0 Å². The Balaban J connectivity index is 1.56. The number of hydrogen-bond acceptors (Lipinski definition) is 3. The fourth-order valence-electron chi connectivity index (χ4n) is 2.87. The van der Waals surface area contributed by atoms with E-state index in [9.17, 15) is 4.79 Å². The van der Waals surface area contributed by atoms with Crippen LogP contribution in [0.3, 0.4) is 0 Å². The minimum atomic E-state index is -0.0444. The molecule has 108 valence electrons. The van der Waals surface area contributed by atoms with Gasteiger partial charge in [0.1, 0.15) is 5.69 Å². The topological polar surface area (TPSA) is 54.0 Å². The number of pyridine rings is 1. The molecule has 0 atom stereocenters. The zero-order chi connectivity index (χ0) is 14.0. The Morgan fingerprint density at radius 3 is 2.90 bits per heavy atom. The number of anilines is 1. The quantitative estimate of drug-likeness (QED) is 0.803. The molecule has 2 saturated carbocycles. The largest absolute Gasteiger partial charge is 0.385 e. The predicted octanol–water partition coefficient (Wildman–Crippen LogP) is 2.82. The maximum atomic E-state index is 12.2. The van der Waals surface area contributed by atoms with E-state index in [0.29, 0.717) is 11.1 Å². The van der Waals surface area contributed by atoms with Gasteiger partial charge in [0.25, 0.3) is 5.91 Å². The number of carbonyl (C=O) groups is 1. The number of amides is 1. The molecule has 0 aliphatic heterocycles. The molecule has 0 aromatic carbocycles. The third-order valence-corrected chi connectivity index (χ3v) is 4.51. The highest BCUT2D eigenvalue weighted by Gasteiger charge is 2.53. The van der Waals surface area contributed by atoms with Crippen molar-refractivity contribution in [3.8, 4) is 0 Å². The van der Waals surface area contributed by atoms with Crippen LogP contribution in [-0.2, 0) is 0 Å². The first-order chi connectivity index (χ1) is 9.73. The highest BCUT2D eigenvalue weighted by molar-refractivity contribution is 5.93. The number of rotatable bonds is 7. The van der Waals surface area contributed by atoms with Crippen molar-refractivity contribution in [2.24, 2.45) is 11.3 Å². The summed E-state index contributed by atoms with van der Waals surface area (Å²) >= 11 is 0. The highest BCUT2D eigenvalue weighted by Crippen LogP contribution is 2.60. The van der Waals surface area contributed by atoms with Gasteiger partial charge >= 0.3 is 0 Å². The molecule has 1 amide bonds. The molecular formula is C16H23N3O. The summed E-state index contributed by atoms with van der Waals surface area (Å²) in [5.41, 5.74) is 1.92. The first-order valence-corrected chi connectivity index (χ1v) is 7.72. The third-order valence-electron chi connectivity index (χ3n) is 4.51. The van der Waals surface area contributed by atoms with Gasteiger partial charge in [-0.1, -0.05) is 6.92 Å². The van der Waals surface area contributed by atoms with Gasteiger partial charge in [-0.15, -0.1) is 0 Å². The molecule has 0 saturated heterocycles. The molecule has 4 nitrogen and oxygen atoms in total. The second kappa shape index (κ2) is 5.43. The van der Waals surface area contributed by atoms with Gasteiger partial charge in [0.05, 0.1) is 0 Å². The average molecular weight is 273 g/mol. The smallest absolute Gasteiger partial charge is 0.269 e. The summed E-state index contributed by atoms with van der Waals surface area (Å²) in [5, 5.41) is 6.36. The molecule has 0 bridgehead atoms. The average Bonchev–Trinajstić information content (AvgIpc) is 3.35. The lowest BCUT2D eigenvalue weighted by atomic mass is 10.0. The Hall–Kier alpha value is -1.58. The summed E-state index contributed by atoms with van der Waals surface area (Å²) in [4.78, 5) is 16.4. The summed E-state index contributed by atoms with van der Waals surface area (Å²) in [7, 11) is 0. The van der Waals surface area contributed by atoms with Gasteiger partial charge in [-0.05, 0) is 55.6 Å². The molecule has 20 heavy (non-hydrogen) atoms. The molecule has 2 aliphatic carbocycles. The number of nitrogens with one attached hydrogen (secondary N) is 2. The van der Waals surface area contributed by atoms with E-state index in [4.69, 9.17) is 0 Å². The molecule has 1 heterocycles. The second-order valence-electron chi connectivity index (χ2n) is 6.18. The fourth-order valence-corrected chi connectivity index (χ4v) is 2.87. The summed E-state index contributed by atoms with van der Waals surface area (Å²) in [6.45, 7) is 3.86. The van der Waals surface area contributed by atoms with Crippen molar-refractivity contribution < 1.29 is 4.79 Å². The number of aromatic nitrogens is 1. The van der Waals surface area contributed by atoms with Crippen molar-refractivity contribution in [3.63, 3.8) is 0 Å². The van der Waals surface area contributed by atoms with Gasteiger partial charge in [0.15, 0.2) is 0 Å². The van der Waals surface area contributed by atoms with Crippen LogP contribution in [0.2, 0.25) is 0 Å². The summed E-state index contributed by atoms with van der Waals surface area (Å²) in [5.74, 6) is 0.824. The predicted molar refractivity (Wildman–Crippen MR) is 79.7 cm³/mol. The Kier molecular flexibility index (Phi) is 3.64. The molecular weight excluding hydrogens is 250 g/mol. The first-order valence-electron chi connectivity index (χ1n) is 7.72. The van der Waals surface area contributed by atoms with E-state index in [1.54, 1.807) is 6.20 Å². The van der Waals surface area contributed by atoms with Gasteiger partial charge in [-0.25, -0.2) is 0 Å². The summed E-state index contributed by atoms with van der Waals surface area (Å²) in [6, 6.07) is 3.74. The highest BCUT2D eigenvalue weighted by atomic mass is 16.1. The Morgan fingerprint density at radius 1 is 1.45 bits per heavy atom. The van der Waals surface area contributed by atoms with Crippen molar-refractivity contribution in [1.29, 1.82) is 0 Å². The van der Waals surface area contributed by atoms with E-state index in [0.717, 1.165) is 31.1 Å². The second-order valence-corrected chi connectivity index (χ2v) is 6.18. The van der Waals surface area contributed by atoms with Crippen molar-refractivity contribution in [2.75, 3.05) is 18.4 Å². The molecule has 1 aromatic heterocycles. The van der Waals surface area contributed by atoms with E-state index < -0.39 is 0 Å². The molecule has 4 heteroatoms. The number of hydrogen-bond donors (Lipinski definition) is 2. The lowest BCUT2D eigenvalue weighted by molar-refractivity contribution is 0.0937. The van der Waals surface area contributed by atoms with Crippen LogP contribution in [0.15, 0.2) is 18.3 Å². The minimum absolute atomic E-state index is 0.0444. The van der Waals surface area contributed by atoms with Crippen molar-refractivity contribution >= 4 is 11.6 Å². The van der Waals surface area contributed by atoms with Gasteiger partial charge < -0.3 is 10.6 Å². The van der Waals surface area contributed by atoms with Gasteiger partial charge in [0, 0.05) is 25.0 Å². The maximum absolute atomic E-state index is 12.2. The standard InChI is InChI=1S/C16H23N3O/c1-2-8-17-13-5-9-18-14(10-13)15(20)19-11-16(6-7-16)12-3-4-12/h5,9-10,12H,2-4,6-8,11H2,1H3,(H,17,18)(H,19,20). The fraction of sp³-hybridized carbons (Fsp3) is 0.625. The SMILES string of the molecule is CCCNc1ccnc(C(=O)NCC2(C3CC3)CC2)c1. The number of carbonyl (C=O) groups excluding carboxylic acids is 1. The van der Waals surface area contributed by atoms with Crippen LogP contribution in [0, 0.1) is 11.3 Å². The molecule has 0 unspecified atom stereocenters. The first kappa shape index (κ1) is 13.4. The van der Waals surface area contributed by atoms with E-state index in [-0.39, 0.29) is 5.91 Å². The molecule has 2 aliphatic rings. The van der Waals surface area contributed by atoms with Crippen LogP contribution >= 0.6 is 0 Å². The van der Waals surface area contributed by atoms with E-state index in [1.165, 1.54) is 25.7 Å². The van der Waals surface area contributed by atoms with Crippen LogP contribution in [-0.4, -0.2) is 24.0 Å². The third kappa shape index (κ3) is 2.94. The Labute approximate surface area is 120 Å². The maximum Gasteiger partial charge on any atom is 0.269 e. The van der Waals surface area contributed by atoms with Crippen LogP contribution in [0.4, 0.5) is 5.69 Å². The Bertz CT molecular complexity index is 492. The van der Waals surface area contributed by atoms with Gasteiger partial charge in [-0.3, -0.25) is 9.78 Å². The molecule has 2 fully saturated rings. The number of nitrogens with zero attached hydrogens (tertiary/aromatic N) is 1. The lowest BCUT2D eigenvalue weighted by Gasteiger charge is -2.15. The van der Waals surface area contributed by atoms with E-state index in [1.807, 2.05) is 12.1 Å². The molecule has 3 rings (SSSR count).